The summed E-state index contributed by atoms with van der Waals surface area (Å²) < 4.78 is 6.69. The summed E-state index contributed by atoms with van der Waals surface area (Å²) in [6, 6.07) is 7.59. The minimum Gasteiger partial charge on any atom is -0.459 e. The van der Waals surface area contributed by atoms with Crippen LogP contribution in [0.3, 0.4) is 0 Å². The lowest BCUT2D eigenvalue weighted by Crippen LogP contribution is -2.23. The number of hydrogen-bond acceptors (Lipinski definition) is 3. The Balaban J connectivity index is 2.39. The van der Waals surface area contributed by atoms with E-state index in [1.807, 2.05) is 24.3 Å². The Labute approximate surface area is 80.1 Å². The number of cyclic esters (lactones) is 1. The fraction of sp³-hybridized carbons (Fsp3) is 0.200. The Morgan fingerprint density at radius 3 is 3.14 bits per heavy atom. The molecule has 3 rings (SSSR count). The number of benzene rings is 1. The van der Waals surface area contributed by atoms with E-state index in [0.717, 1.165) is 10.9 Å². The van der Waals surface area contributed by atoms with Crippen molar-refractivity contribution in [1.29, 1.82) is 0 Å². The topological polar surface area (TPSA) is 44.1 Å². The van der Waals surface area contributed by atoms with Crippen LogP contribution in [-0.2, 0) is 11.3 Å². The molecule has 0 amide bonds. The maximum Gasteiger partial charge on any atom is 0.357 e. The molecule has 4 nitrogen and oxygen atoms in total. The van der Waals surface area contributed by atoms with Crippen molar-refractivity contribution < 1.29 is 9.53 Å². The number of aromatic nitrogens is 2. The second-order valence-corrected chi connectivity index (χ2v) is 3.22. The van der Waals surface area contributed by atoms with Gasteiger partial charge in [-0.25, -0.2) is 4.79 Å². The van der Waals surface area contributed by atoms with Gasteiger partial charge in [0.2, 0.25) is 0 Å². The first-order valence-electron chi connectivity index (χ1n) is 4.49. The standard InChI is InChI=1S/C10H8N2O2/c13-10-9-7-3-1-2-4-8(7)11-12(9)5-6-14-10/h1-4H,5-6H2. The van der Waals surface area contributed by atoms with Gasteiger partial charge in [0.25, 0.3) is 0 Å². The maximum absolute atomic E-state index is 11.5. The van der Waals surface area contributed by atoms with Crippen molar-refractivity contribution in [3.63, 3.8) is 0 Å². The number of hydrogen-bond donors (Lipinski definition) is 0. The third-order valence-electron chi connectivity index (χ3n) is 2.38. The van der Waals surface area contributed by atoms with Crippen LogP contribution >= 0.6 is 0 Å². The second kappa shape index (κ2) is 2.57. The number of ether oxygens (including phenoxy) is 1. The van der Waals surface area contributed by atoms with Crippen LogP contribution in [-0.4, -0.2) is 22.4 Å². The van der Waals surface area contributed by atoms with E-state index in [1.54, 1.807) is 4.68 Å². The molecule has 1 aromatic heterocycles. The van der Waals surface area contributed by atoms with Crippen LogP contribution in [0.5, 0.6) is 0 Å². The smallest absolute Gasteiger partial charge is 0.357 e. The van der Waals surface area contributed by atoms with E-state index in [2.05, 4.69) is 5.10 Å². The van der Waals surface area contributed by atoms with Crippen molar-refractivity contribution in [3.05, 3.63) is 30.0 Å². The molecule has 4 heteroatoms. The summed E-state index contributed by atoms with van der Waals surface area (Å²) in [5.41, 5.74) is 1.42. The number of carbonyl (C=O) groups excluding carboxylic acids is 1. The van der Waals surface area contributed by atoms with Crippen molar-refractivity contribution in [2.24, 2.45) is 0 Å². The van der Waals surface area contributed by atoms with E-state index in [-0.39, 0.29) is 5.97 Å². The van der Waals surface area contributed by atoms with Crippen LogP contribution < -0.4 is 0 Å². The highest BCUT2D eigenvalue weighted by molar-refractivity contribution is 6.02. The molecule has 1 aliphatic rings. The van der Waals surface area contributed by atoms with Gasteiger partial charge in [0.1, 0.15) is 6.61 Å². The highest BCUT2D eigenvalue weighted by Gasteiger charge is 2.22. The average molecular weight is 188 g/mol. The van der Waals surface area contributed by atoms with E-state index in [0.29, 0.717) is 18.8 Å². The molecule has 0 radical (unpaired) electrons. The minimum absolute atomic E-state index is 0.273. The third kappa shape index (κ3) is 0.878. The Hall–Kier alpha value is -1.84. The first kappa shape index (κ1) is 7.55. The fourth-order valence-corrected chi connectivity index (χ4v) is 1.75. The van der Waals surface area contributed by atoms with Gasteiger partial charge in [-0.15, -0.1) is 0 Å². The van der Waals surface area contributed by atoms with E-state index >= 15 is 0 Å². The van der Waals surface area contributed by atoms with Gasteiger partial charge >= 0.3 is 5.97 Å². The largest absolute Gasteiger partial charge is 0.459 e. The van der Waals surface area contributed by atoms with Crippen molar-refractivity contribution in [2.45, 2.75) is 6.54 Å². The first-order chi connectivity index (χ1) is 6.86. The molecule has 0 saturated heterocycles. The molecule has 2 heterocycles. The van der Waals surface area contributed by atoms with Crippen LogP contribution in [0.2, 0.25) is 0 Å². The number of fused-ring (bicyclic) bond motifs is 3. The molecule has 1 aliphatic heterocycles. The number of carbonyl (C=O) groups is 1. The molecule has 0 spiro atoms. The number of nitrogens with zero attached hydrogens (tertiary/aromatic N) is 2. The predicted octanol–water partition coefficient (Wildman–Crippen LogP) is 1.21. The van der Waals surface area contributed by atoms with Crippen LogP contribution in [0.4, 0.5) is 0 Å². The van der Waals surface area contributed by atoms with E-state index in [4.69, 9.17) is 4.74 Å². The molecular formula is C10H8N2O2. The summed E-state index contributed by atoms with van der Waals surface area (Å²) >= 11 is 0. The zero-order chi connectivity index (χ0) is 9.54. The molecule has 1 aromatic carbocycles. The average Bonchev–Trinajstić information content (AvgIpc) is 2.57. The summed E-state index contributed by atoms with van der Waals surface area (Å²) in [6.07, 6.45) is 0. The molecule has 2 aromatic rings. The lowest BCUT2D eigenvalue weighted by atomic mass is 10.2. The summed E-state index contributed by atoms with van der Waals surface area (Å²) in [7, 11) is 0. The van der Waals surface area contributed by atoms with Gasteiger partial charge < -0.3 is 4.74 Å². The van der Waals surface area contributed by atoms with Crippen molar-refractivity contribution in [1.82, 2.24) is 9.78 Å². The van der Waals surface area contributed by atoms with Crippen molar-refractivity contribution >= 4 is 16.9 Å². The van der Waals surface area contributed by atoms with Crippen molar-refractivity contribution in [2.75, 3.05) is 6.61 Å². The third-order valence-corrected chi connectivity index (χ3v) is 2.38. The van der Waals surface area contributed by atoms with Gasteiger partial charge in [-0.05, 0) is 6.07 Å². The molecular weight excluding hydrogens is 180 g/mol. The lowest BCUT2D eigenvalue weighted by molar-refractivity contribution is 0.0414. The van der Waals surface area contributed by atoms with Gasteiger partial charge in [-0.3, -0.25) is 4.68 Å². The van der Waals surface area contributed by atoms with Gasteiger partial charge in [-0.2, -0.15) is 5.10 Å². The molecule has 0 atom stereocenters. The van der Waals surface area contributed by atoms with E-state index in [9.17, 15) is 4.79 Å². The monoisotopic (exact) mass is 188 g/mol. The van der Waals surface area contributed by atoms with Gasteiger partial charge in [0, 0.05) is 5.39 Å². The second-order valence-electron chi connectivity index (χ2n) is 3.22. The number of rotatable bonds is 0. The van der Waals surface area contributed by atoms with E-state index in [1.165, 1.54) is 0 Å². The minimum atomic E-state index is -0.273. The van der Waals surface area contributed by atoms with Gasteiger partial charge in [0.15, 0.2) is 5.69 Å². The Bertz CT molecular complexity index is 516. The van der Waals surface area contributed by atoms with Crippen molar-refractivity contribution in [3.8, 4) is 0 Å². The summed E-state index contributed by atoms with van der Waals surface area (Å²) in [6.45, 7) is 1.07. The quantitative estimate of drug-likeness (QED) is 0.583. The Morgan fingerprint density at radius 2 is 2.21 bits per heavy atom. The molecule has 0 N–H and O–H groups in total. The molecule has 14 heavy (non-hydrogen) atoms. The van der Waals surface area contributed by atoms with E-state index < -0.39 is 0 Å². The van der Waals surface area contributed by atoms with Gasteiger partial charge in [-0.1, -0.05) is 18.2 Å². The predicted molar refractivity (Wildman–Crippen MR) is 50.0 cm³/mol. The highest BCUT2D eigenvalue weighted by Crippen LogP contribution is 2.20. The normalized spacial score (nSPS) is 15.3. The molecule has 0 aliphatic carbocycles. The lowest BCUT2D eigenvalue weighted by Gasteiger charge is -2.12. The summed E-state index contributed by atoms with van der Waals surface area (Å²) in [5, 5.41) is 5.19. The number of esters is 1. The summed E-state index contributed by atoms with van der Waals surface area (Å²) in [4.78, 5) is 11.5. The van der Waals surface area contributed by atoms with Crippen LogP contribution in [0.1, 0.15) is 10.5 Å². The Kier molecular flexibility index (Phi) is 1.39. The molecule has 0 bridgehead atoms. The zero-order valence-corrected chi connectivity index (χ0v) is 7.43. The van der Waals surface area contributed by atoms with Crippen LogP contribution in [0.15, 0.2) is 24.3 Å². The molecule has 0 saturated carbocycles. The fourth-order valence-electron chi connectivity index (χ4n) is 1.75. The zero-order valence-electron chi connectivity index (χ0n) is 7.43. The summed E-state index contributed by atoms with van der Waals surface area (Å²) in [5.74, 6) is -0.273. The Morgan fingerprint density at radius 1 is 1.36 bits per heavy atom. The SMILES string of the molecule is O=C1OCCn2nc3ccccc3c21. The molecule has 0 unspecified atom stereocenters. The van der Waals surface area contributed by atoms with Crippen LogP contribution in [0, 0.1) is 0 Å². The van der Waals surface area contributed by atoms with Gasteiger partial charge in [0.05, 0.1) is 12.1 Å². The first-order valence-corrected chi connectivity index (χ1v) is 4.49. The maximum atomic E-state index is 11.5. The molecule has 70 valence electrons. The highest BCUT2D eigenvalue weighted by atomic mass is 16.5. The molecule has 0 fully saturated rings. The van der Waals surface area contributed by atoms with Crippen LogP contribution in [0.25, 0.3) is 10.9 Å².